The van der Waals surface area contributed by atoms with Gasteiger partial charge in [0.05, 0.1) is 5.69 Å². The minimum absolute atomic E-state index is 0.414. The molecule has 0 bridgehead atoms. The van der Waals surface area contributed by atoms with Gasteiger partial charge >= 0.3 is 5.97 Å². The average Bonchev–Trinajstić information content (AvgIpc) is 2.36. The molecule has 0 aromatic carbocycles. The standard InChI is InChI=1S/C5H6N2O2S/c6-4(5(8)9)3-1-2-10-7-3/h1-2,4H,6H2,(H,8,9)/t4-/m1/s1. The van der Waals surface area contributed by atoms with E-state index in [1.807, 2.05) is 0 Å². The number of nitrogens with zero attached hydrogens (tertiary/aromatic N) is 1. The van der Waals surface area contributed by atoms with Crippen LogP contribution < -0.4 is 5.73 Å². The van der Waals surface area contributed by atoms with E-state index in [9.17, 15) is 4.79 Å². The highest BCUT2D eigenvalue weighted by Crippen LogP contribution is 2.08. The normalized spacial score (nSPS) is 12.9. The quantitative estimate of drug-likeness (QED) is 0.645. The molecule has 0 aliphatic heterocycles. The van der Waals surface area contributed by atoms with Gasteiger partial charge in [0.2, 0.25) is 0 Å². The molecule has 0 aliphatic rings. The summed E-state index contributed by atoms with van der Waals surface area (Å²) in [5.41, 5.74) is 5.64. The largest absolute Gasteiger partial charge is 0.480 e. The molecule has 1 atom stereocenters. The number of aliphatic carboxylic acids is 1. The van der Waals surface area contributed by atoms with Crippen molar-refractivity contribution in [1.29, 1.82) is 0 Å². The monoisotopic (exact) mass is 158 g/mol. The lowest BCUT2D eigenvalue weighted by Crippen LogP contribution is -2.20. The van der Waals surface area contributed by atoms with Crippen LogP contribution in [0.3, 0.4) is 0 Å². The lowest BCUT2D eigenvalue weighted by atomic mass is 10.2. The molecule has 0 spiro atoms. The second-order valence-corrected chi connectivity index (χ2v) is 2.41. The zero-order valence-electron chi connectivity index (χ0n) is 5.02. The summed E-state index contributed by atoms with van der Waals surface area (Å²) >= 11 is 1.19. The number of rotatable bonds is 2. The Balaban J connectivity index is 2.77. The molecule has 1 rings (SSSR count). The Labute approximate surface area is 61.5 Å². The molecular formula is C5H6N2O2S. The zero-order chi connectivity index (χ0) is 7.56. The van der Waals surface area contributed by atoms with E-state index in [4.69, 9.17) is 10.8 Å². The van der Waals surface area contributed by atoms with Crippen LogP contribution in [0.1, 0.15) is 11.7 Å². The van der Waals surface area contributed by atoms with Crippen LogP contribution in [0.5, 0.6) is 0 Å². The summed E-state index contributed by atoms with van der Waals surface area (Å²) in [6.45, 7) is 0. The summed E-state index contributed by atoms with van der Waals surface area (Å²) in [6.07, 6.45) is 0. The van der Waals surface area contributed by atoms with Gasteiger partial charge in [0.25, 0.3) is 0 Å². The van der Waals surface area contributed by atoms with E-state index in [2.05, 4.69) is 4.37 Å². The summed E-state index contributed by atoms with van der Waals surface area (Å²) in [4.78, 5) is 10.2. The smallest absolute Gasteiger partial charge is 0.326 e. The lowest BCUT2D eigenvalue weighted by Gasteiger charge is -1.98. The van der Waals surface area contributed by atoms with Crippen molar-refractivity contribution in [2.75, 3.05) is 0 Å². The Morgan fingerprint density at radius 2 is 2.60 bits per heavy atom. The number of carboxylic acid groups (broad SMARTS) is 1. The third-order valence-electron chi connectivity index (χ3n) is 1.04. The second-order valence-electron chi connectivity index (χ2n) is 1.74. The van der Waals surface area contributed by atoms with E-state index in [0.29, 0.717) is 5.69 Å². The lowest BCUT2D eigenvalue weighted by molar-refractivity contribution is -0.138. The van der Waals surface area contributed by atoms with Crippen LogP contribution in [0.4, 0.5) is 0 Å². The first-order valence-corrected chi connectivity index (χ1v) is 3.44. The van der Waals surface area contributed by atoms with Gasteiger partial charge in [-0.1, -0.05) is 0 Å². The van der Waals surface area contributed by atoms with Crippen molar-refractivity contribution in [2.24, 2.45) is 5.73 Å². The maximum Gasteiger partial charge on any atom is 0.326 e. The summed E-state index contributed by atoms with van der Waals surface area (Å²) in [5.74, 6) is -1.05. The fourth-order valence-electron chi connectivity index (χ4n) is 0.509. The molecule has 4 nitrogen and oxygen atoms in total. The number of hydrogen-bond acceptors (Lipinski definition) is 4. The summed E-state index contributed by atoms with van der Waals surface area (Å²) in [6, 6.07) is 0.620. The Hall–Kier alpha value is -0.940. The van der Waals surface area contributed by atoms with Gasteiger partial charge in [0.1, 0.15) is 6.04 Å². The number of aromatic nitrogens is 1. The number of carbonyl (C=O) groups is 1. The van der Waals surface area contributed by atoms with Crippen molar-refractivity contribution in [2.45, 2.75) is 6.04 Å². The Morgan fingerprint density at radius 1 is 1.90 bits per heavy atom. The van der Waals surface area contributed by atoms with Gasteiger partial charge in [-0.05, 0) is 17.6 Å². The molecule has 0 fully saturated rings. The number of carboxylic acids is 1. The predicted octanol–water partition coefficient (Wildman–Crippen LogP) is 0.228. The first-order chi connectivity index (χ1) is 4.72. The molecule has 1 aromatic rings. The van der Waals surface area contributed by atoms with Crippen molar-refractivity contribution in [3.8, 4) is 0 Å². The summed E-state index contributed by atoms with van der Waals surface area (Å²) in [5, 5.41) is 10.1. The SMILES string of the molecule is N[C@@H](C(=O)O)c1ccsn1. The van der Waals surface area contributed by atoms with Gasteiger partial charge in [-0.2, -0.15) is 4.37 Å². The third kappa shape index (κ3) is 1.31. The van der Waals surface area contributed by atoms with E-state index in [1.54, 1.807) is 11.4 Å². The molecule has 1 heterocycles. The molecule has 5 heteroatoms. The van der Waals surface area contributed by atoms with Crippen molar-refractivity contribution >= 4 is 17.5 Å². The topological polar surface area (TPSA) is 76.2 Å². The third-order valence-corrected chi connectivity index (χ3v) is 1.62. The van der Waals surface area contributed by atoms with Crippen LogP contribution in [0.2, 0.25) is 0 Å². The minimum atomic E-state index is -1.05. The maximum atomic E-state index is 10.2. The van der Waals surface area contributed by atoms with Crippen LogP contribution in [0.15, 0.2) is 11.4 Å². The molecule has 3 N–H and O–H groups in total. The fourth-order valence-corrected chi connectivity index (χ4v) is 1.07. The minimum Gasteiger partial charge on any atom is -0.480 e. The summed E-state index contributed by atoms with van der Waals surface area (Å²) in [7, 11) is 0. The number of hydrogen-bond donors (Lipinski definition) is 2. The molecule has 0 aliphatic carbocycles. The highest BCUT2D eigenvalue weighted by molar-refractivity contribution is 7.03. The first kappa shape index (κ1) is 7.17. The van der Waals surface area contributed by atoms with Crippen molar-refractivity contribution in [3.63, 3.8) is 0 Å². The Morgan fingerprint density at radius 3 is 3.00 bits per heavy atom. The molecule has 0 saturated heterocycles. The first-order valence-electron chi connectivity index (χ1n) is 2.60. The molecular weight excluding hydrogens is 152 g/mol. The zero-order valence-corrected chi connectivity index (χ0v) is 5.84. The van der Waals surface area contributed by atoms with E-state index in [0.717, 1.165) is 0 Å². The van der Waals surface area contributed by atoms with Gasteiger partial charge in [-0.15, -0.1) is 0 Å². The summed E-state index contributed by atoms with van der Waals surface area (Å²) < 4.78 is 3.77. The van der Waals surface area contributed by atoms with Crippen molar-refractivity contribution in [1.82, 2.24) is 4.37 Å². The van der Waals surface area contributed by atoms with Crippen molar-refractivity contribution in [3.05, 3.63) is 17.1 Å². The van der Waals surface area contributed by atoms with Crippen LogP contribution in [0, 0.1) is 0 Å². The van der Waals surface area contributed by atoms with Gasteiger partial charge in [0, 0.05) is 5.38 Å². The Kier molecular flexibility index (Phi) is 1.98. The van der Waals surface area contributed by atoms with Crippen LogP contribution in [0.25, 0.3) is 0 Å². The molecule has 10 heavy (non-hydrogen) atoms. The second kappa shape index (κ2) is 2.76. The average molecular weight is 158 g/mol. The highest BCUT2D eigenvalue weighted by atomic mass is 32.1. The van der Waals surface area contributed by atoms with E-state index in [-0.39, 0.29) is 0 Å². The van der Waals surface area contributed by atoms with Crippen LogP contribution in [-0.4, -0.2) is 15.4 Å². The van der Waals surface area contributed by atoms with Gasteiger partial charge < -0.3 is 10.8 Å². The molecule has 1 aromatic heterocycles. The van der Waals surface area contributed by atoms with Gasteiger partial charge in [-0.3, -0.25) is 4.79 Å². The van der Waals surface area contributed by atoms with E-state index in [1.165, 1.54) is 11.5 Å². The maximum absolute atomic E-state index is 10.2. The van der Waals surface area contributed by atoms with Crippen LogP contribution in [-0.2, 0) is 4.79 Å². The molecule has 0 radical (unpaired) electrons. The molecule has 0 saturated carbocycles. The fraction of sp³-hybridized carbons (Fsp3) is 0.200. The molecule has 0 unspecified atom stereocenters. The van der Waals surface area contributed by atoms with Crippen LogP contribution >= 0.6 is 11.5 Å². The predicted molar refractivity (Wildman–Crippen MR) is 36.7 cm³/mol. The van der Waals surface area contributed by atoms with Gasteiger partial charge in [-0.25, -0.2) is 0 Å². The van der Waals surface area contributed by atoms with Crippen molar-refractivity contribution < 1.29 is 9.90 Å². The van der Waals surface area contributed by atoms with E-state index < -0.39 is 12.0 Å². The number of nitrogens with two attached hydrogens (primary N) is 1. The molecule has 54 valence electrons. The molecule has 0 amide bonds. The Bertz CT molecular complexity index is 222. The highest BCUT2D eigenvalue weighted by Gasteiger charge is 2.15. The van der Waals surface area contributed by atoms with E-state index >= 15 is 0 Å². The van der Waals surface area contributed by atoms with Gasteiger partial charge in [0.15, 0.2) is 0 Å².